The predicted octanol–water partition coefficient (Wildman–Crippen LogP) is 2.56. The topological polar surface area (TPSA) is 26.3 Å². The zero-order valence-electron chi connectivity index (χ0n) is 9.43. The Labute approximate surface area is 87.0 Å². The summed E-state index contributed by atoms with van der Waals surface area (Å²) in [6.07, 6.45) is 2.78. The fourth-order valence-electron chi connectivity index (χ4n) is 1.27. The van der Waals surface area contributed by atoms with Crippen molar-refractivity contribution in [2.24, 2.45) is 0 Å². The lowest BCUT2D eigenvalue weighted by molar-refractivity contribution is -0.130. The number of carbonyl (C=O) groups is 1. The molecule has 0 aliphatic rings. The van der Waals surface area contributed by atoms with Gasteiger partial charge in [-0.15, -0.1) is 11.8 Å². The van der Waals surface area contributed by atoms with Crippen molar-refractivity contribution in [1.29, 1.82) is 0 Å². The maximum atomic E-state index is 11.6. The van der Waals surface area contributed by atoms with E-state index in [4.69, 9.17) is 4.74 Å². The predicted molar refractivity (Wildman–Crippen MR) is 58.0 cm³/mol. The van der Waals surface area contributed by atoms with Gasteiger partial charge in [0.05, 0.1) is 0 Å². The molecule has 0 spiro atoms. The first-order valence-corrected chi connectivity index (χ1v) is 5.30. The van der Waals surface area contributed by atoms with Gasteiger partial charge in [-0.3, -0.25) is 4.79 Å². The molecule has 0 saturated carbocycles. The molecule has 80 valence electrons. The highest BCUT2D eigenvalue weighted by Crippen LogP contribution is 2.07. The number of rotatable bonds is 7. The van der Waals surface area contributed by atoms with Crippen LogP contribution in [-0.4, -0.2) is 18.5 Å². The van der Waals surface area contributed by atoms with E-state index in [0.717, 1.165) is 12.8 Å². The summed E-state index contributed by atoms with van der Waals surface area (Å²) in [7, 11) is 0. The van der Waals surface area contributed by atoms with E-state index in [1.165, 1.54) is 0 Å². The van der Waals surface area contributed by atoms with Crippen molar-refractivity contribution in [1.82, 2.24) is 0 Å². The van der Waals surface area contributed by atoms with Crippen molar-refractivity contribution in [2.75, 3.05) is 6.61 Å². The molecule has 0 saturated heterocycles. The lowest BCUT2D eigenvalue weighted by Crippen LogP contribution is -2.23. The minimum Gasteiger partial charge on any atom is -0.371 e. The van der Waals surface area contributed by atoms with E-state index in [-0.39, 0.29) is 11.9 Å². The first-order chi connectivity index (χ1) is 6.76. The highest BCUT2D eigenvalue weighted by atomic mass is 16.5. The van der Waals surface area contributed by atoms with E-state index < -0.39 is 0 Å². The van der Waals surface area contributed by atoms with E-state index in [0.29, 0.717) is 19.4 Å². The van der Waals surface area contributed by atoms with Crippen LogP contribution in [0.4, 0.5) is 0 Å². The van der Waals surface area contributed by atoms with Gasteiger partial charge in [-0.1, -0.05) is 13.3 Å². The molecule has 0 aromatic carbocycles. The van der Waals surface area contributed by atoms with Crippen molar-refractivity contribution < 1.29 is 9.53 Å². The molecule has 0 aliphatic heterocycles. The highest BCUT2D eigenvalue weighted by Gasteiger charge is 2.16. The zero-order valence-corrected chi connectivity index (χ0v) is 9.43. The van der Waals surface area contributed by atoms with Gasteiger partial charge in [-0.05, 0) is 20.3 Å². The molecule has 0 aromatic rings. The second kappa shape index (κ2) is 8.77. The van der Waals surface area contributed by atoms with Gasteiger partial charge in [0.25, 0.3) is 0 Å². The van der Waals surface area contributed by atoms with Gasteiger partial charge in [0, 0.05) is 19.4 Å². The third kappa shape index (κ3) is 5.77. The number of hydrogen-bond donors (Lipinski definition) is 0. The summed E-state index contributed by atoms with van der Waals surface area (Å²) in [4.78, 5) is 11.6. The highest BCUT2D eigenvalue weighted by molar-refractivity contribution is 5.83. The molecule has 0 rings (SSSR count). The van der Waals surface area contributed by atoms with Gasteiger partial charge >= 0.3 is 0 Å². The molecular formula is C12H20O2. The Bertz CT molecular complexity index is 204. The monoisotopic (exact) mass is 196 g/mol. The summed E-state index contributed by atoms with van der Waals surface area (Å²) in [6, 6.07) is 0. The van der Waals surface area contributed by atoms with Crippen LogP contribution < -0.4 is 0 Å². The molecule has 1 atom stereocenters. The molecule has 2 nitrogen and oxygen atoms in total. The SMILES string of the molecule is CC#CCCC(=O)C(CCC)OCC. The third-order valence-electron chi connectivity index (χ3n) is 1.95. The van der Waals surface area contributed by atoms with Crippen molar-refractivity contribution in [3.05, 3.63) is 0 Å². The van der Waals surface area contributed by atoms with Crippen LogP contribution in [0.1, 0.15) is 46.5 Å². The Balaban J connectivity index is 3.91. The molecule has 0 aromatic heterocycles. The summed E-state index contributed by atoms with van der Waals surface area (Å²) >= 11 is 0. The second-order valence-corrected chi connectivity index (χ2v) is 3.13. The molecule has 2 heteroatoms. The van der Waals surface area contributed by atoms with Gasteiger partial charge in [0.2, 0.25) is 0 Å². The number of hydrogen-bond acceptors (Lipinski definition) is 2. The van der Waals surface area contributed by atoms with Crippen LogP contribution in [0.2, 0.25) is 0 Å². The molecule has 0 N–H and O–H groups in total. The standard InChI is InChI=1S/C12H20O2/c1-4-7-8-10-11(13)12(9-5-2)14-6-3/h12H,5-6,8-10H2,1-3H3. The lowest BCUT2D eigenvalue weighted by Gasteiger charge is -2.13. The largest absolute Gasteiger partial charge is 0.371 e. The van der Waals surface area contributed by atoms with Crippen LogP contribution >= 0.6 is 0 Å². The maximum absolute atomic E-state index is 11.6. The van der Waals surface area contributed by atoms with E-state index in [2.05, 4.69) is 18.8 Å². The Kier molecular flexibility index (Phi) is 8.27. The molecule has 0 fully saturated rings. The van der Waals surface area contributed by atoms with Crippen LogP contribution in [0.5, 0.6) is 0 Å². The smallest absolute Gasteiger partial charge is 0.162 e. The number of Topliss-reactive ketones (excluding diaryl/α,β-unsaturated/α-hetero) is 1. The molecule has 0 radical (unpaired) electrons. The first kappa shape index (κ1) is 13.2. The Hall–Kier alpha value is -0.810. The van der Waals surface area contributed by atoms with Crippen molar-refractivity contribution in [3.8, 4) is 11.8 Å². The van der Waals surface area contributed by atoms with Crippen molar-refractivity contribution >= 4 is 5.78 Å². The average molecular weight is 196 g/mol. The van der Waals surface area contributed by atoms with Gasteiger partial charge in [-0.2, -0.15) is 0 Å². The maximum Gasteiger partial charge on any atom is 0.162 e. The van der Waals surface area contributed by atoms with E-state index in [9.17, 15) is 4.79 Å². The first-order valence-electron chi connectivity index (χ1n) is 5.30. The molecule has 0 amide bonds. The van der Waals surface area contributed by atoms with Crippen molar-refractivity contribution in [3.63, 3.8) is 0 Å². The minimum atomic E-state index is -0.205. The van der Waals surface area contributed by atoms with Crippen LogP contribution in [0.3, 0.4) is 0 Å². The van der Waals surface area contributed by atoms with Gasteiger partial charge in [-0.25, -0.2) is 0 Å². The summed E-state index contributed by atoms with van der Waals surface area (Å²) < 4.78 is 5.38. The van der Waals surface area contributed by atoms with Crippen LogP contribution in [0, 0.1) is 11.8 Å². The molecule has 14 heavy (non-hydrogen) atoms. The fourth-order valence-corrected chi connectivity index (χ4v) is 1.27. The van der Waals surface area contributed by atoms with Crippen LogP contribution in [0.25, 0.3) is 0 Å². The molecule has 0 aliphatic carbocycles. The molecule has 1 unspecified atom stereocenters. The molecule has 0 bridgehead atoms. The van der Waals surface area contributed by atoms with E-state index in [1.54, 1.807) is 6.92 Å². The molecule has 0 heterocycles. The number of ketones is 1. The summed E-state index contributed by atoms with van der Waals surface area (Å²) in [5, 5.41) is 0. The molecular weight excluding hydrogens is 176 g/mol. The third-order valence-corrected chi connectivity index (χ3v) is 1.95. The minimum absolute atomic E-state index is 0.191. The average Bonchev–Trinajstić information content (AvgIpc) is 2.18. The summed E-state index contributed by atoms with van der Waals surface area (Å²) in [5.74, 6) is 5.87. The van der Waals surface area contributed by atoms with Gasteiger partial charge in [0.15, 0.2) is 5.78 Å². The normalized spacial score (nSPS) is 11.6. The number of ether oxygens (including phenoxy) is 1. The van der Waals surface area contributed by atoms with E-state index >= 15 is 0 Å². The fraction of sp³-hybridized carbons (Fsp3) is 0.750. The van der Waals surface area contributed by atoms with Crippen LogP contribution in [0.15, 0.2) is 0 Å². The van der Waals surface area contributed by atoms with E-state index in [1.807, 2.05) is 6.92 Å². The summed E-state index contributed by atoms with van der Waals surface area (Å²) in [5.41, 5.74) is 0. The quantitative estimate of drug-likeness (QED) is 0.585. The Morgan fingerprint density at radius 2 is 2.14 bits per heavy atom. The summed E-state index contributed by atoms with van der Waals surface area (Å²) in [6.45, 7) is 6.37. The number of carbonyl (C=O) groups excluding carboxylic acids is 1. The zero-order chi connectivity index (χ0) is 10.8. The lowest BCUT2D eigenvalue weighted by atomic mass is 10.1. The Morgan fingerprint density at radius 1 is 1.43 bits per heavy atom. The van der Waals surface area contributed by atoms with Gasteiger partial charge < -0.3 is 4.74 Å². The van der Waals surface area contributed by atoms with Crippen molar-refractivity contribution in [2.45, 2.75) is 52.6 Å². The van der Waals surface area contributed by atoms with Crippen LogP contribution in [-0.2, 0) is 9.53 Å². The van der Waals surface area contributed by atoms with Gasteiger partial charge in [0.1, 0.15) is 6.10 Å². The Morgan fingerprint density at radius 3 is 2.64 bits per heavy atom. The second-order valence-electron chi connectivity index (χ2n) is 3.13.